The minimum atomic E-state index is 0.877. The van der Waals surface area contributed by atoms with Gasteiger partial charge in [0.05, 0.1) is 5.69 Å². The van der Waals surface area contributed by atoms with Gasteiger partial charge in [-0.05, 0) is 30.7 Å². The summed E-state index contributed by atoms with van der Waals surface area (Å²) >= 11 is 0. The van der Waals surface area contributed by atoms with Crippen LogP contribution in [0.5, 0.6) is 0 Å². The molecule has 1 nitrogen and oxygen atoms in total. The van der Waals surface area contributed by atoms with Crippen molar-refractivity contribution >= 4 is 6.08 Å². The van der Waals surface area contributed by atoms with Crippen LogP contribution in [0.3, 0.4) is 0 Å². The molecule has 45 valence electrons. The van der Waals surface area contributed by atoms with E-state index in [0.717, 1.165) is 11.3 Å². The van der Waals surface area contributed by atoms with E-state index in [1.165, 1.54) is 0 Å². The molecule has 1 aromatic rings. The lowest BCUT2D eigenvalue weighted by Gasteiger charge is -1.91. The molecule has 0 bridgehead atoms. The lowest BCUT2D eigenvalue weighted by molar-refractivity contribution is 1.28. The first-order valence-electron chi connectivity index (χ1n) is 2.73. The van der Waals surface area contributed by atoms with Crippen LogP contribution >= 0.6 is 0 Å². The summed E-state index contributed by atoms with van der Waals surface area (Å²) in [6.45, 7) is 7.32. The molecule has 0 fully saturated rings. The quantitative estimate of drug-likeness (QED) is 0.549. The van der Waals surface area contributed by atoms with Gasteiger partial charge in [-0.2, -0.15) is 0 Å². The molecule has 1 heteroatoms. The maximum atomic E-state index is 4.00. The Labute approximate surface area is 55.1 Å². The Morgan fingerprint density at radius 2 is 2.33 bits per heavy atom. The van der Waals surface area contributed by atoms with Crippen LogP contribution in [0.15, 0.2) is 24.9 Å². The van der Waals surface area contributed by atoms with Gasteiger partial charge >= 0.3 is 0 Å². The summed E-state index contributed by atoms with van der Waals surface area (Å²) in [5.41, 5.74) is 1.85. The Morgan fingerprint density at radius 3 is 2.78 bits per heavy atom. The average molecular weight is 118 g/mol. The third-order valence-corrected chi connectivity index (χ3v) is 1.05. The molecular formula is C8H8N. The van der Waals surface area contributed by atoms with Gasteiger partial charge in [-0.15, -0.1) is 0 Å². The van der Waals surface area contributed by atoms with Gasteiger partial charge in [0.2, 0.25) is 0 Å². The number of rotatable bonds is 1. The summed E-state index contributed by atoms with van der Waals surface area (Å²) in [5, 5.41) is 0. The summed E-state index contributed by atoms with van der Waals surface area (Å²) in [4.78, 5) is 4.00. The van der Waals surface area contributed by atoms with E-state index in [4.69, 9.17) is 0 Å². The van der Waals surface area contributed by atoms with Crippen LogP contribution in [0, 0.1) is 6.92 Å². The molecule has 1 heterocycles. The zero-order valence-electron chi connectivity index (χ0n) is 5.17. The highest BCUT2D eigenvalue weighted by Gasteiger charge is 1.84. The summed E-state index contributed by atoms with van der Waals surface area (Å²) in [6.07, 6.45) is 3.42. The van der Waals surface area contributed by atoms with E-state index < -0.39 is 0 Å². The molecule has 0 aliphatic heterocycles. The highest BCUT2D eigenvalue weighted by molar-refractivity contribution is 5.42. The van der Waals surface area contributed by atoms with Crippen LogP contribution in [0.1, 0.15) is 11.3 Å². The summed E-state index contributed by atoms with van der Waals surface area (Å²) in [5.74, 6) is 0. The molecular weight excluding hydrogens is 110 g/mol. The Kier molecular flexibility index (Phi) is 1.63. The van der Waals surface area contributed by atoms with Crippen LogP contribution in [0.25, 0.3) is 6.08 Å². The molecule has 0 aliphatic rings. The molecule has 9 heavy (non-hydrogen) atoms. The monoisotopic (exact) mass is 118 g/mol. The van der Waals surface area contributed by atoms with E-state index >= 15 is 0 Å². The van der Waals surface area contributed by atoms with Crippen molar-refractivity contribution < 1.29 is 0 Å². The second-order valence-corrected chi connectivity index (χ2v) is 1.79. The van der Waals surface area contributed by atoms with E-state index in [9.17, 15) is 0 Å². The van der Waals surface area contributed by atoms with E-state index in [-0.39, 0.29) is 0 Å². The zero-order valence-corrected chi connectivity index (χ0v) is 5.17. The summed E-state index contributed by atoms with van der Waals surface area (Å²) in [7, 11) is 0. The molecule has 0 saturated carbocycles. The van der Waals surface area contributed by atoms with Crippen molar-refractivity contribution in [1.29, 1.82) is 0 Å². The fourth-order valence-electron chi connectivity index (χ4n) is 0.606. The van der Waals surface area contributed by atoms with Crippen molar-refractivity contribution in [3.63, 3.8) is 0 Å². The molecule has 0 spiro atoms. The number of aromatic nitrogens is 1. The van der Waals surface area contributed by atoms with Gasteiger partial charge in [-0.3, -0.25) is 4.98 Å². The molecule has 1 rings (SSSR count). The maximum Gasteiger partial charge on any atom is 0.0626 e. The van der Waals surface area contributed by atoms with Gasteiger partial charge in [-0.1, -0.05) is 6.58 Å². The van der Waals surface area contributed by atoms with Crippen molar-refractivity contribution in [2.45, 2.75) is 0 Å². The van der Waals surface area contributed by atoms with Crippen molar-refractivity contribution in [1.82, 2.24) is 4.98 Å². The van der Waals surface area contributed by atoms with Crippen molar-refractivity contribution in [3.8, 4) is 0 Å². The van der Waals surface area contributed by atoms with E-state index in [1.807, 2.05) is 12.1 Å². The lowest BCUT2D eigenvalue weighted by Crippen LogP contribution is -1.78. The van der Waals surface area contributed by atoms with Crippen LogP contribution in [0.2, 0.25) is 0 Å². The normalized spacial score (nSPS) is 9.00. The molecule has 0 atom stereocenters. The average Bonchev–Trinajstić information content (AvgIpc) is 1.88. The van der Waals surface area contributed by atoms with Crippen molar-refractivity contribution in [2.24, 2.45) is 0 Å². The Morgan fingerprint density at radius 1 is 1.56 bits per heavy atom. The SMILES string of the molecule is [CH2]c1ccnc(C=C)c1. The first-order chi connectivity index (χ1) is 4.33. The number of hydrogen-bond acceptors (Lipinski definition) is 1. The molecule has 0 aliphatic carbocycles. The van der Waals surface area contributed by atoms with Crippen LogP contribution in [-0.2, 0) is 0 Å². The predicted molar refractivity (Wildman–Crippen MR) is 38.8 cm³/mol. The highest BCUT2D eigenvalue weighted by atomic mass is 14.6. The van der Waals surface area contributed by atoms with E-state index in [0.29, 0.717) is 0 Å². The van der Waals surface area contributed by atoms with Gasteiger partial charge in [0.15, 0.2) is 0 Å². The Balaban J connectivity index is 3.07. The summed E-state index contributed by atoms with van der Waals surface area (Å²) < 4.78 is 0. The minimum Gasteiger partial charge on any atom is -0.257 e. The van der Waals surface area contributed by atoms with Gasteiger partial charge < -0.3 is 0 Å². The number of pyridine rings is 1. The third-order valence-electron chi connectivity index (χ3n) is 1.05. The largest absolute Gasteiger partial charge is 0.257 e. The molecule has 0 unspecified atom stereocenters. The second-order valence-electron chi connectivity index (χ2n) is 1.79. The minimum absolute atomic E-state index is 0.877. The topological polar surface area (TPSA) is 12.9 Å². The van der Waals surface area contributed by atoms with Gasteiger partial charge in [0, 0.05) is 6.20 Å². The highest BCUT2D eigenvalue weighted by Crippen LogP contribution is 1.99. The first-order valence-corrected chi connectivity index (χ1v) is 2.73. The van der Waals surface area contributed by atoms with Gasteiger partial charge in [-0.25, -0.2) is 0 Å². The fraction of sp³-hybridized carbons (Fsp3) is 0. The number of hydrogen-bond donors (Lipinski definition) is 0. The fourth-order valence-corrected chi connectivity index (χ4v) is 0.606. The molecule has 0 amide bonds. The lowest BCUT2D eigenvalue weighted by atomic mass is 10.2. The predicted octanol–water partition coefficient (Wildman–Crippen LogP) is 1.91. The Hall–Kier alpha value is -1.11. The summed E-state index contributed by atoms with van der Waals surface area (Å²) in [6, 6.07) is 3.74. The van der Waals surface area contributed by atoms with Gasteiger partial charge in [0.1, 0.15) is 0 Å². The molecule has 1 radical (unpaired) electrons. The van der Waals surface area contributed by atoms with E-state index in [2.05, 4.69) is 18.5 Å². The zero-order chi connectivity index (χ0) is 6.69. The number of nitrogens with zero attached hydrogens (tertiary/aromatic N) is 1. The first kappa shape index (κ1) is 6.02. The maximum absolute atomic E-state index is 4.00. The molecule has 0 saturated heterocycles. The van der Waals surface area contributed by atoms with Crippen LogP contribution < -0.4 is 0 Å². The standard InChI is InChI=1S/C8H8N/c1-3-8-6-7(2)4-5-9-8/h3-6H,1-2H2. The Bertz CT molecular complexity index is 216. The van der Waals surface area contributed by atoms with Crippen molar-refractivity contribution in [3.05, 3.63) is 43.1 Å². The van der Waals surface area contributed by atoms with Gasteiger partial charge in [0.25, 0.3) is 0 Å². The van der Waals surface area contributed by atoms with Crippen LogP contribution in [-0.4, -0.2) is 4.98 Å². The molecule has 0 aromatic carbocycles. The smallest absolute Gasteiger partial charge is 0.0626 e. The second kappa shape index (κ2) is 2.44. The van der Waals surface area contributed by atoms with Crippen molar-refractivity contribution in [2.75, 3.05) is 0 Å². The third kappa shape index (κ3) is 1.39. The van der Waals surface area contributed by atoms with E-state index in [1.54, 1.807) is 12.3 Å². The molecule has 1 aromatic heterocycles. The van der Waals surface area contributed by atoms with Crippen LogP contribution in [0.4, 0.5) is 0 Å². The molecule has 0 N–H and O–H groups in total.